The second kappa shape index (κ2) is 8.18. The number of hydrogen-bond acceptors (Lipinski definition) is 5. The Kier molecular flexibility index (Phi) is 5.71. The smallest absolute Gasteiger partial charge is 0.328 e. The van der Waals surface area contributed by atoms with Crippen molar-refractivity contribution in [3.63, 3.8) is 0 Å². The van der Waals surface area contributed by atoms with E-state index in [9.17, 15) is 9.59 Å². The molecule has 0 aliphatic rings. The van der Waals surface area contributed by atoms with E-state index in [4.69, 9.17) is 9.47 Å². The number of carbonyl (C=O) groups is 2. The molecule has 1 amide bonds. The van der Waals surface area contributed by atoms with Gasteiger partial charge < -0.3 is 14.0 Å². The maximum absolute atomic E-state index is 12.7. The predicted molar refractivity (Wildman–Crippen MR) is 104 cm³/mol. The molecule has 3 aromatic rings. The van der Waals surface area contributed by atoms with E-state index in [0.29, 0.717) is 22.5 Å². The molecule has 1 aromatic heterocycles. The lowest BCUT2D eigenvalue weighted by atomic mass is 10.2. The Hall–Kier alpha value is -2.93. The molecule has 1 atom stereocenters. The molecule has 0 spiro atoms. The maximum Gasteiger partial charge on any atom is 0.328 e. The lowest BCUT2D eigenvalue weighted by molar-refractivity contribution is -0.144. The molecule has 3 rings (SSSR count). The summed E-state index contributed by atoms with van der Waals surface area (Å²) in [6.07, 6.45) is 0.525. The first kappa shape index (κ1) is 18.8. The second-order valence-corrected chi connectivity index (χ2v) is 6.82. The number of rotatable bonds is 5. The summed E-state index contributed by atoms with van der Waals surface area (Å²) in [5.74, 6) is -0.0720. The van der Waals surface area contributed by atoms with Crippen LogP contribution in [0.25, 0.3) is 10.2 Å². The summed E-state index contributed by atoms with van der Waals surface area (Å²) < 4.78 is 12.8. The lowest BCUT2D eigenvalue weighted by Crippen LogP contribution is -2.28. The van der Waals surface area contributed by atoms with Crippen molar-refractivity contribution in [3.8, 4) is 5.75 Å². The summed E-state index contributed by atoms with van der Waals surface area (Å²) in [6.45, 7) is 1.90. The van der Waals surface area contributed by atoms with E-state index < -0.39 is 6.04 Å². The molecule has 0 bridgehead atoms. The molecule has 6 nitrogen and oxygen atoms in total. The second-order valence-electron chi connectivity index (χ2n) is 5.82. The van der Waals surface area contributed by atoms with E-state index in [0.717, 1.165) is 10.2 Å². The van der Waals surface area contributed by atoms with Crippen LogP contribution < -0.4 is 9.54 Å². The van der Waals surface area contributed by atoms with Crippen molar-refractivity contribution in [2.45, 2.75) is 19.4 Å². The molecule has 0 radical (unpaired) electrons. The van der Waals surface area contributed by atoms with Gasteiger partial charge in [0.25, 0.3) is 5.91 Å². The van der Waals surface area contributed by atoms with Gasteiger partial charge >= 0.3 is 5.97 Å². The minimum absolute atomic E-state index is 0.362. The van der Waals surface area contributed by atoms with Crippen molar-refractivity contribution in [2.75, 3.05) is 14.2 Å². The van der Waals surface area contributed by atoms with Crippen LogP contribution in [0.3, 0.4) is 0 Å². The first-order valence-corrected chi connectivity index (χ1v) is 9.31. The highest BCUT2D eigenvalue weighted by Gasteiger charge is 2.23. The average molecular weight is 384 g/mol. The Morgan fingerprint density at radius 2 is 1.81 bits per heavy atom. The molecule has 27 heavy (non-hydrogen) atoms. The number of carbonyl (C=O) groups excluding carboxylic acids is 2. The fourth-order valence-electron chi connectivity index (χ4n) is 2.85. The van der Waals surface area contributed by atoms with Crippen molar-refractivity contribution < 1.29 is 19.1 Å². The summed E-state index contributed by atoms with van der Waals surface area (Å²) in [7, 11) is 2.93. The van der Waals surface area contributed by atoms with Crippen molar-refractivity contribution in [1.82, 2.24) is 4.57 Å². The largest absolute Gasteiger partial charge is 0.497 e. The van der Waals surface area contributed by atoms with Crippen LogP contribution in [0.4, 0.5) is 0 Å². The zero-order valence-electron chi connectivity index (χ0n) is 15.3. The minimum Gasteiger partial charge on any atom is -0.497 e. The maximum atomic E-state index is 12.7. The van der Waals surface area contributed by atoms with Crippen LogP contribution in [0.5, 0.6) is 5.75 Å². The highest BCUT2D eigenvalue weighted by atomic mass is 32.1. The van der Waals surface area contributed by atoms with Crippen LogP contribution in [0, 0.1) is 0 Å². The summed E-state index contributed by atoms with van der Waals surface area (Å²) in [4.78, 5) is 29.7. The van der Waals surface area contributed by atoms with Crippen molar-refractivity contribution in [3.05, 3.63) is 58.9 Å². The monoisotopic (exact) mass is 384 g/mol. The van der Waals surface area contributed by atoms with Crippen LogP contribution >= 0.6 is 11.3 Å². The van der Waals surface area contributed by atoms with Gasteiger partial charge in [-0.1, -0.05) is 30.4 Å². The van der Waals surface area contributed by atoms with Crippen LogP contribution in [0.1, 0.15) is 29.7 Å². The zero-order chi connectivity index (χ0) is 19.4. The Morgan fingerprint density at radius 3 is 2.44 bits per heavy atom. The van der Waals surface area contributed by atoms with Gasteiger partial charge in [0.1, 0.15) is 11.8 Å². The molecule has 0 fully saturated rings. The van der Waals surface area contributed by atoms with Gasteiger partial charge in [0.15, 0.2) is 4.80 Å². The Bertz CT molecular complexity index is 1030. The number of hydrogen-bond donors (Lipinski definition) is 0. The summed E-state index contributed by atoms with van der Waals surface area (Å²) in [5, 5.41) is 0. The van der Waals surface area contributed by atoms with Crippen molar-refractivity contribution >= 4 is 33.4 Å². The number of thiazole rings is 1. The summed E-state index contributed by atoms with van der Waals surface area (Å²) in [6, 6.07) is 13.9. The molecule has 0 saturated carbocycles. The van der Waals surface area contributed by atoms with Crippen LogP contribution in [-0.4, -0.2) is 30.7 Å². The van der Waals surface area contributed by atoms with E-state index in [1.807, 2.05) is 31.2 Å². The molecular formula is C20H20N2O4S. The third-order valence-electron chi connectivity index (χ3n) is 4.24. The topological polar surface area (TPSA) is 69.9 Å². The molecule has 140 valence electrons. The molecule has 0 N–H and O–H groups in total. The normalized spacial score (nSPS) is 12.8. The van der Waals surface area contributed by atoms with Gasteiger partial charge in [0.05, 0.1) is 24.4 Å². The van der Waals surface area contributed by atoms with Gasteiger partial charge in [-0.2, -0.15) is 4.99 Å². The molecule has 1 heterocycles. The van der Waals surface area contributed by atoms with Crippen LogP contribution in [0.2, 0.25) is 0 Å². The first-order chi connectivity index (χ1) is 13.1. The van der Waals surface area contributed by atoms with E-state index >= 15 is 0 Å². The zero-order valence-corrected chi connectivity index (χ0v) is 16.2. The van der Waals surface area contributed by atoms with Gasteiger partial charge in [0.2, 0.25) is 0 Å². The van der Waals surface area contributed by atoms with Gasteiger partial charge in [-0.25, -0.2) is 4.79 Å². The number of nitrogens with zero attached hydrogens (tertiary/aromatic N) is 2. The molecule has 2 aromatic carbocycles. The van der Waals surface area contributed by atoms with Crippen LogP contribution in [0.15, 0.2) is 53.5 Å². The lowest BCUT2D eigenvalue weighted by Gasteiger charge is -2.15. The summed E-state index contributed by atoms with van der Waals surface area (Å²) in [5.41, 5.74) is 1.30. The molecule has 0 aliphatic heterocycles. The van der Waals surface area contributed by atoms with Crippen molar-refractivity contribution in [1.29, 1.82) is 0 Å². The highest BCUT2D eigenvalue weighted by molar-refractivity contribution is 7.16. The van der Waals surface area contributed by atoms with Crippen molar-refractivity contribution in [2.24, 2.45) is 4.99 Å². The Labute approximate surface area is 160 Å². The number of esters is 1. The highest BCUT2D eigenvalue weighted by Crippen LogP contribution is 2.23. The van der Waals surface area contributed by atoms with Gasteiger partial charge in [0, 0.05) is 5.56 Å². The number of para-hydroxylation sites is 1. The molecule has 1 unspecified atom stereocenters. The van der Waals surface area contributed by atoms with Crippen LogP contribution in [-0.2, 0) is 9.53 Å². The number of methoxy groups -OCH3 is 2. The predicted octanol–water partition coefficient (Wildman–Crippen LogP) is 3.58. The van der Waals surface area contributed by atoms with E-state index in [1.54, 1.807) is 35.9 Å². The number of fused-ring (bicyclic) bond motifs is 1. The SMILES string of the molecule is CCC(C(=O)OC)n1/c(=N/C(=O)c2ccc(OC)cc2)sc2ccccc21. The van der Waals surface area contributed by atoms with E-state index in [1.165, 1.54) is 18.4 Å². The summed E-state index contributed by atoms with van der Waals surface area (Å²) >= 11 is 1.37. The standard InChI is InChI=1S/C20H20N2O4S/c1-4-15(19(24)26-3)22-16-7-5-6-8-17(16)27-20(22)21-18(23)13-9-11-14(25-2)12-10-13/h5-12,15H,4H2,1-3H3/b21-20-. The quantitative estimate of drug-likeness (QED) is 0.631. The van der Waals surface area contributed by atoms with E-state index in [-0.39, 0.29) is 11.9 Å². The number of amides is 1. The first-order valence-electron chi connectivity index (χ1n) is 8.50. The number of aromatic nitrogens is 1. The number of benzene rings is 2. The molecule has 0 aliphatic carbocycles. The average Bonchev–Trinajstić information content (AvgIpc) is 3.06. The third-order valence-corrected chi connectivity index (χ3v) is 5.27. The van der Waals surface area contributed by atoms with Gasteiger partial charge in [-0.3, -0.25) is 4.79 Å². The fraction of sp³-hybridized carbons (Fsp3) is 0.250. The minimum atomic E-state index is -0.548. The fourth-order valence-corrected chi connectivity index (χ4v) is 3.91. The third kappa shape index (κ3) is 3.78. The Morgan fingerprint density at radius 1 is 1.11 bits per heavy atom. The molecule has 0 saturated heterocycles. The molecule has 7 heteroatoms. The molecular weight excluding hydrogens is 364 g/mol. The van der Waals surface area contributed by atoms with Gasteiger partial charge in [-0.15, -0.1) is 0 Å². The van der Waals surface area contributed by atoms with Gasteiger partial charge in [-0.05, 0) is 42.8 Å². The van der Waals surface area contributed by atoms with E-state index in [2.05, 4.69) is 4.99 Å². The Balaban J connectivity index is 2.14. The number of ether oxygens (including phenoxy) is 2.